The molecule has 2 atom stereocenters. The highest BCUT2D eigenvalue weighted by atomic mass is 32.1. The summed E-state index contributed by atoms with van der Waals surface area (Å²) in [5, 5.41) is 4.06. The SMILES string of the molecule is COC(=O)c1ccc(-c2ccc([C@@H]3[C@@H](c4ccccn4)NC(=S)N3c3cccc(C)c3)o2)cc1. The number of hydrogen-bond acceptors (Lipinski definition) is 5. The van der Waals surface area contributed by atoms with Crippen LogP contribution in [-0.4, -0.2) is 23.2 Å². The number of esters is 1. The number of aromatic nitrogens is 1. The van der Waals surface area contributed by atoms with Crippen LogP contribution in [0.15, 0.2) is 89.5 Å². The molecule has 1 aliphatic rings. The number of carbonyl (C=O) groups excluding carboxylic acids is 1. The number of aryl methyl sites for hydroxylation is 1. The molecule has 6 nitrogen and oxygen atoms in total. The molecule has 1 aliphatic heterocycles. The van der Waals surface area contributed by atoms with Crippen LogP contribution in [0.5, 0.6) is 0 Å². The highest BCUT2D eigenvalue weighted by molar-refractivity contribution is 7.80. The summed E-state index contributed by atoms with van der Waals surface area (Å²) >= 11 is 5.77. The molecular formula is C27H23N3O3S. The molecule has 0 unspecified atom stereocenters. The van der Waals surface area contributed by atoms with Crippen molar-refractivity contribution in [2.24, 2.45) is 0 Å². The van der Waals surface area contributed by atoms with E-state index in [-0.39, 0.29) is 18.1 Å². The van der Waals surface area contributed by atoms with E-state index in [1.165, 1.54) is 7.11 Å². The molecular weight excluding hydrogens is 446 g/mol. The molecule has 0 spiro atoms. The summed E-state index contributed by atoms with van der Waals surface area (Å²) in [6, 6.07) is 24.7. The Kier molecular flexibility index (Phi) is 5.86. The zero-order chi connectivity index (χ0) is 23.7. The summed E-state index contributed by atoms with van der Waals surface area (Å²) in [6.07, 6.45) is 1.78. The molecule has 0 radical (unpaired) electrons. The average molecular weight is 470 g/mol. The Hall–Kier alpha value is -3.97. The van der Waals surface area contributed by atoms with Crippen LogP contribution in [0, 0.1) is 6.92 Å². The Labute approximate surface area is 203 Å². The lowest BCUT2D eigenvalue weighted by Gasteiger charge is -2.26. The van der Waals surface area contributed by atoms with Gasteiger partial charge in [0.05, 0.1) is 24.4 Å². The zero-order valence-electron chi connectivity index (χ0n) is 18.8. The fourth-order valence-electron chi connectivity index (χ4n) is 4.26. The van der Waals surface area contributed by atoms with E-state index in [0.29, 0.717) is 16.4 Å². The molecule has 3 heterocycles. The first kappa shape index (κ1) is 21.9. The monoisotopic (exact) mass is 469 g/mol. The molecule has 0 saturated carbocycles. The van der Waals surface area contributed by atoms with Crippen molar-refractivity contribution in [3.8, 4) is 11.3 Å². The number of rotatable bonds is 5. The molecule has 0 amide bonds. The van der Waals surface area contributed by atoms with E-state index in [0.717, 1.165) is 28.3 Å². The number of nitrogens with one attached hydrogen (secondary N) is 1. The van der Waals surface area contributed by atoms with Gasteiger partial charge in [-0.2, -0.15) is 0 Å². The maximum Gasteiger partial charge on any atom is 0.337 e. The number of thiocarbonyl (C=S) groups is 1. The normalized spacial score (nSPS) is 17.5. The fourth-order valence-corrected chi connectivity index (χ4v) is 4.60. The van der Waals surface area contributed by atoms with Crippen molar-refractivity contribution in [3.05, 3.63) is 108 Å². The Balaban J connectivity index is 1.55. The van der Waals surface area contributed by atoms with Gasteiger partial charge in [-0.15, -0.1) is 0 Å². The number of furan rings is 1. The molecule has 1 saturated heterocycles. The Morgan fingerprint density at radius 3 is 2.59 bits per heavy atom. The summed E-state index contributed by atoms with van der Waals surface area (Å²) in [6.45, 7) is 2.06. The summed E-state index contributed by atoms with van der Waals surface area (Å²) in [7, 11) is 1.37. The van der Waals surface area contributed by atoms with Crippen LogP contribution < -0.4 is 10.2 Å². The second-order valence-corrected chi connectivity index (χ2v) is 8.49. The molecule has 1 N–H and O–H groups in total. The minimum absolute atomic E-state index is 0.185. The van der Waals surface area contributed by atoms with Gasteiger partial charge in [0.25, 0.3) is 0 Å². The molecule has 4 aromatic rings. The minimum Gasteiger partial charge on any atom is -0.465 e. The number of carbonyl (C=O) groups is 1. The van der Waals surface area contributed by atoms with Gasteiger partial charge in [-0.05, 0) is 73.2 Å². The quantitative estimate of drug-likeness (QED) is 0.301. The molecule has 7 heteroatoms. The van der Waals surface area contributed by atoms with Crippen molar-refractivity contribution in [3.63, 3.8) is 0 Å². The van der Waals surface area contributed by atoms with Crippen LogP contribution in [0.4, 0.5) is 5.69 Å². The van der Waals surface area contributed by atoms with Crippen molar-refractivity contribution >= 4 is 29.0 Å². The standard InChI is InChI=1S/C27H23N3O3S/c1-17-6-5-7-20(16-17)30-25(24(29-27(30)34)21-8-3-4-15-28-21)23-14-13-22(33-23)18-9-11-19(12-10-18)26(31)32-2/h3-16,24-25H,1-2H3,(H,29,34)/t24-,25-/m1/s1. The van der Waals surface area contributed by atoms with E-state index >= 15 is 0 Å². The van der Waals surface area contributed by atoms with Gasteiger partial charge in [-0.1, -0.05) is 30.3 Å². The number of benzene rings is 2. The highest BCUT2D eigenvalue weighted by Crippen LogP contribution is 2.43. The fraction of sp³-hybridized carbons (Fsp3) is 0.148. The first-order chi connectivity index (χ1) is 16.5. The van der Waals surface area contributed by atoms with Crippen LogP contribution in [0.3, 0.4) is 0 Å². The molecule has 170 valence electrons. The number of anilines is 1. The van der Waals surface area contributed by atoms with Crippen molar-refractivity contribution in [2.45, 2.75) is 19.0 Å². The van der Waals surface area contributed by atoms with Gasteiger partial charge in [0.1, 0.15) is 17.6 Å². The van der Waals surface area contributed by atoms with Gasteiger partial charge in [0, 0.05) is 17.4 Å². The molecule has 0 bridgehead atoms. The average Bonchev–Trinajstić information content (AvgIpc) is 3.49. The van der Waals surface area contributed by atoms with Crippen LogP contribution in [0.2, 0.25) is 0 Å². The van der Waals surface area contributed by atoms with E-state index in [2.05, 4.69) is 34.3 Å². The van der Waals surface area contributed by atoms with E-state index in [9.17, 15) is 4.79 Å². The number of methoxy groups -OCH3 is 1. The van der Waals surface area contributed by atoms with Gasteiger partial charge >= 0.3 is 5.97 Å². The summed E-state index contributed by atoms with van der Waals surface area (Å²) in [5.41, 5.74) is 4.37. The number of hydrogen-bond donors (Lipinski definition) is 1. The van der Waals surface area contributed by atoms with Crippen molar-refractivity contribution < 1.29 is 13.9 Å². The highest BCUT2D eigenvalue weighted by Gasteiger charge is 2.42. The summed E-state index contributed by atoms with van der Waals surface area (Å²) in [4.78, 5) is 18.4. The zero-order valence-corrected chi connectivity index (χ0v) is 19.6. The number of ether oxygens (including phenoxy) is 1. The third kappa shape index (κ3) is 4.06. The van der Waals surface area contributed by atoms with Crippen LogP contribution >= 0.6 is 12.2 Å². The van der Waals surface area contributed by atoms with Gasteiger partial charge in [0.2, 0.25) is 0 Å². The van der Waals surface area contributed by atoms with Gasteiger partial charge in [-0.3, -0.25) is 4.98 Å². The second-order valence-electron chi connectivity index (χ2n) is 8.11. The number of pyridine rings is 1. The van der Waals surface area contributed by atoms with E-state index in [4.69, 9.17) is 21.4 Å². The van der Waals surface area contributed by atoms with E-state index in [1.807, 2.05) is 54.6 Å². The first-order valence-electron chi connectivity index (χ1n) is 10.9. The Bertz CT molecular complexity index is 1330. The predicted octanol–water partition coefficient (Wildman–Crippen LogP) is 5.61. The van der Waals surface area contributed by atoms with Crippen molar-refractivity contribution in [1.82, 2.24) is 10.3 Å². The largest absolute Gasteiger partial charge is 0.465 e. The maximum absolute atomic E-state index is 11.8. The molecule has 2 aromatic carbocycles. The van der Waals surface area contributed by atoms with Crippen LogP contribution in [-0.2, 0) is 4.74 Å². The van der Waals surface area contributed by atoms with E-state index < -0.39 is 0 Å². The molecule has 0 aliphatic carbocycles. The predicted molar refractivity (Wildman–Crippen MR) is 135 cm³/mol. The molecule has 34 heavy (non-hydrogen) atoms. The molecule has 5 rings (SSSR count). The van der Waals surface area contributed by atoms with E-state index in [1.54, 1.807) is 18.3 Å². The summed E-state index contributed by atoms with van der Waals surface area (Å²) in [5.74, 6) is 1.09. The smallest absolute Gasteiger partial charge is 0.337 e. The Morgan fingerprint density at radius 1 is 1.06 bits per heavy atom. The maximum atomic E-state index is 11.8. The second kappa shape index (κ2) is 9.11. The minimum atomic E-state index is -0.371. The third-order valence-electron chi connectivity index (χ3n) is 5.89. The van der Waals surface area contributed by atoms with Crippen LogP contribution in [0.25, 0.3) is 11.3 Å². The summed E-state index contributed by atoms with van der Waals surface area (Å²) < 4.78 is 11.2. The lowest BCUT2D eigenvalue weighted by molar-refractivity contribution is 0.0600. The lowest BCUT2D eigenvalue weighted by Crippen LogP contribution is -2.29. The molecule has 1 fully saturated rings. The lowest BCUT2D eigenvalue weighted by atomic mass is 10.0. The van der Waals surface area contributed by atoms with Gasteiger partial charge < -0.3 is 19.4 Å². The van der Waals surface area contributed by atoms with Crippen molar-refractivity contribution in [1.29, 1.82) is 0 Å². The van der Waals surface area contributed by atoms with Crippen molar-refractivity contribution in [2.75, 3.05) is 12.0 Å². The third-order valence-corrected chi connectivity index (χ3v) is 6.20. The van der Waals surface area contributed by atoms with Gasteiger partial charge in [0.15, 0.2) is 5.11 Å². The molecule has 2 aromatic heterocycles. The number of nitrogens with zero attached hydrogens (tertiary/aromatic N) is 2. The topological polar surface area (TPSA) is 67.6 Å². The van der Waals surface area contributed by atoms with Gasteiger partial charge in [-0.25, -0.2) is 4.79 Å². The first-order valence-corrected chi connectivity index (χ1v) is 11.3. The van der Waals surface area contributed by atoms with Crippen LogP contribution in [0.1, 0.15) is 39.5 Å². The Morgan fingerprint density at radius 2 is 1.88 bits per heavy atom.